The van der Waals surface area contributed by atoms with Crippen LogP contribution in [0, 0.1) is 0 Å². The van der Waals surface area contributed by atoms with Crippen molar-refractivity contribution < 1.29 is 9.94 Å². The highest BCUT2D eigenvalue weighted by Gasteiger charge is 2.01. The van der Waals surface area contributed by atoms with Crippen molar-refractivity contribution in [3.05, 3.63) is 35.4 Å². The summed E-state index contributed by atoms with van der Waals surface area (Å²) in [6.45, 7) is 2.53. The molecule has 0 saturated carbocycles. The van der Waals surface area contributed by atoms with Crippen LogP contribution in [0.25, 0.3) is 0 Å². The summed E-state index contributed by atoms with van der Waals surface area (Å²) < 4.78 is 5.18. The fourth-order valence-electron chi connectivity index (χ4n) is 1.30. The predicted molar refractivity (Wildman–Crippen MR) is 55.2 cm³/mol. The minimum absolute atomic E-state index is 0.247. The Morgan fingerprint density at radius 3 is 2.36 bits per heavy atom. The van der Waals surface area contributed by atoms with Gasteiger partial charge in [-0.05, 0) is 24.5 Å². The largest absolute Gasteiger partial charge is 0.381 e. The minimum Gasteiger partial charge on any atom is -0.381 e. The van der Waals surface area contributed by atoms with Crippen molar-refractivity contribution in [1.29, 1.82) is 0 Å². The highest BCUT2D eigenvalue weighted by Crippen LogP contribution is 2.07. The summed E-state index contributed by atoms with van der Waals surface area (Å²) in [5.41, 5.74) is 4.45. The zero-order valence-electron chi connectivity index (χ0n) is 8.66. The molecular formula is C11H17NO2. The Kier molecular flexibility index (Phi) is 4.59. The van der Waals surface area contributed by atoms with Crippen LogP contribution < -0.4 is 5.48 Å². The molecule has 14 heavy (non-hydrogen) atoms. The summed E-state index contributed by atoms with van der Waals surface area (Å²) in [7, 11) is 1.72. The molecule has 1 rings (SSSR count). The van der Waals surface area contributed by atoms with Crippen LogP contribution in [0.15, 0.2) is 24.3 Å². The van der Waals surface area contributed by atoms with Crippen LogP contribution in [0.1, 0.15) is 18.1 Å². The SMILES string of the molecule is COC(C)Cc1ccc(CNO)cc1. The van der Waals surface area contributed by atoms with Crippen molar-refractivity contribution >= 4 is 0 Å². The normalized spacial score (nSPS) is 12.8. The molecule has 0 aromatic heterocycles. The van der Waals surface area contributed by atoms with E-state index in [9.17, 15) is 0 Å². The molecule has 1 atom stereocenters. The second-order valence-electron chi connectivity index (χ2n) is 3.40. The first-order valence-corrected chi connectivity index (χ1v) is 4.74. The van der Waals surface area contributed by atoms with E-state index in [4.69, 9.17) is 9.94 Å². The average Bonchev–Trinajstić information content (AvgIpc) is 2.21. The van der Waals surface area contributed by atoms with Crippen LogP contribution in [0.5, 0.6) is 0 Å². The third kappa shape index (κ3) is 3.46. The number of hydrogen-bond donors (Lipinski definition) is 2. The average molecular weight is 195 g/mol. The number of methoxy groups -OCH3 is 1. The lowest BCUT2D eigenvalue weighted by atomic mass is 10.1. The molecule has 1 aromatic rings. The van der Waals surface area contributed by atoms with E-state index in [0.29, 0.717) is 6.54 Å². The van der Waals surface area contributed by atoms with E-state index in [2.05, 4.69) is 17.6 Å². The van der Waals surface area contributed by atoms with Crippen molar-refractivity contribution in [2.24, 2.45) is 0 Å². The second-order valence-corrected chi connectivity index (χ2v) is 3.40. The molecule has 0 aliphatic heterocycles. The van der Waals surface area contributed by atoms with Crippen molar-refractivity contribution in [2.45, 2.75) is 26.0 Å². The Labute approximate surface area is 84.7 Å². The lowest BCUT2D eigenvalue weighted by Crippen LogP contribution is -2.09. The molecule has 1 unspecified atom stereocenters. The van der Waals surface area contributed by atoms with E-state index in [-0.39, 0.29) is 6.10 Å². The van der Waals surface area contributed by atoms with E-state index in [0.717, 1.165) is 12.0 Å². The maximum absolute atomic E-state index is 8.50. The lowest BCUT2D eigenvalue weighted by Gasteiger charge is -2.09. The van der Waals surface area contributed by atoms with Crippen molar-refractivity contribution in [3.63, 3.8) is 0 Å². The summed E-state index contributed by atoms with van der Waals surface area (Å²) >= 11 is 0. The zero-order valence-corrected chi connectivity index (χ0v) is 8.66. The zero-order chi connectivity index (χ0) is 10.4. The van der Waals surface area contributed by atoms with Gasteiger partial charge < -0.3 is 9.94 Å². The molecule has 3 nitrogen and oxygen atoms in total. The first-order chi connectivity index (χ1) is 6.76. The van der Waals surface area contributed by atoms with Crippen molar-refractivity contribution in [3.8, 4) is 0 Å². The van der Waals surface area contributed by atoms with E-state index in [1.54, 1.807) is 7.11 Å². The van der Waals surface area contributed by atoms with Crippen LogP contribution >= 0.6 is 0 Å². The number of hydrogen-bond acceptors (Lipinski definition) is 3. The fraction of sp³-hybridized carbons (Fsp3) is 0.455. The van der Waals surface area contributed by atoms with Crippen LogP contribution in [0.2, 0.25) is 0 Å². The molecule has 0 amide bonds. The molecule has 0 bridgehead atoms. The highest BCUT2D eigenvalue weighted by atomic mass is 16.5. The summed E-state index contributed by atoms with van der Waals surface area (Å²) in [5, 5.41) is 8.50. The third-order valence-corrected chi connectivity index (χ3v) is 2.23. The monoisotopic (exact) mass is 195 g/mol. The minimum atomic E-state index is 0.247. The summed E-state index contributed by atoms with van der Waals surface area (Å²) in [6.07, 6.45) is 1.17. The number of rotatable bonds is 5. The van der Waals surface area contributed by atoms with Crippen LogP contribution in [-0.4, -0.2) is 18.4 Å². The topological polar surface area (TPSA) is 41.5 Å². The molecule has 1 aromatic carbocycles. The number of ether oxygens (including phenoxy) is 1. The summed E-state index contributed by atoms with van der Waals surface area (Å²) in [4.78, 5) is 0. The number of nitrogens with one attached hydrogen (secondary N) is 1. The Morgan fingerprint density at radius 1 is 1.29 bits per heavy atom. The molecule has 2 N–H and O–H groups in total. The Hall–Kier alpha value is -0.900. The standard InChI is InChI=1S/C11H17NO2/c1-9(14-2)7-10-3-5-11(6-4-10)8-12-13/h3-6,9,12-13H,7-8H2,1-2H3. The molecule has 0 saturated heterocycles. The van der Waals surface area contributed by atoms with Gasteiger partial charge in [0.25, 0.3) is 0 Å². The van der Waals surface area contributed by atoms with Gasteiger partial charge in [-0.1, -0.05) is 24.3 Å². The van der Waals surface area contributed by atoms with Gasteiger partial charge in [0.2, 0.25) is 0 Å². The number of benzene rings is 1. The van der Waals surface area contributed by atoms with Crippen molar-refractivity contribution in [2.75, 3.05) is 7.11 Å². The highest BCUT2D eigenvalue weighted by molar-refractivity contribution is 5.22. The Balaban J connectivity index is 2.54. The van der Waals surface area contributed by atoms with Gasteiger partial charge in [-0.25, -0.2) is 5.48 Å². The maximum Gasteiger partial charge on any atom is 0.0583 e. The second kappa shape index (κ2) is 5.75. The van der Waals surface area contributed by atoms with E-state index in [1.165, 1.54) is 5.56 Å². The van der Waals surface area contributed by atoms with Gasteiger partial charge in [-0.15, -0.1) is 0 Å². The quantitative estimate of drug-likeness (QED) is 0.703. The van der Waals surface area contributed by atoms with Gasteiger partial charge in [0.15, 0.2) is 0 Å². The van der Waals surface area contributed by atoms with Gasteiger partial charge in [-0.2, -0.15) is 0 Å². The molecule has 0 aliphatic rings. The van der Waals surface area contributed by atoms with Gasteiger partial charge in [0.05, 0.1) is 6.10 Å². The van der Waals surface area contributed by atoms with Gasteiger partial charge in [0.1, 0.15) is 0 Å². The van der Waals surface area contributed by atoms with E-state index < -0.39 is 0 Å². The molecule has 0 aliphatic carbocycles. The lowest BCUT2D eigenvalue weighted by molar-refractivity contribution is 0.119. The third-order valence-electron chi connectivity index (χ3n) is 2.23. The number of hydroxylamine groups is 1. The van der Waals surface area contributed by atoms with E-state index >= 15 is 0 Å². The molecule has 0 radical (unpaired) electrons. The molecule has 0 heterocycles. The molecule has 78 valence electrons. The van der Waals surface area contributed by atoms with Crippen LogP contribution in [-0.2, 0) is 17.7 Å². The van der Waals surface area contributed by atoms with Crippen molar-refractivity contribution in [1.82, 2.24) is 5.48 Å². The molecule has 0 fully saturated rings. The molecule has 0 spiro atoms. The fourth-order valence-corrected chi connectivity index (χ4v) is 1.30. The Bertz CT molecular complexity index is 258. The summed E-state index contributed by atoms with van der Waals surface area (Å²) in [6, 6.07) is 8.12. The van der Waals surface area contributed by atoms with Crippen LogP contribution in [0.3, 0.4) is 0 Å². The summed E-state index contributed by atoms with van der Waals surface area (Å²) in [5.74, 6) is 0. The first kappa shape index (κ1) is 11.2. The smallest absolute Gasteiger partial charge is 0.0583 e. The van der Waals surface area contributed by atoms with E-state index in [1.807, 2.05) is 19.1 Å². The van der Waals surface area contributed by atoms with Gasteiger partial charge in [0, 0.05) is 13.7 Å². The van der Waals surface area contributed by atoms with Crippen LogP contribution in [0.4, 0.5) is 0 Å². The molecular weight excluding hydrogens is 178 g/mol. The predicted octanol–water partition coefficient (Wildman–Crippen LogP) is 1.74. The molecule has 3 heteroatoms. The van der Waals surface area contributed by atoms with Gasteiger partial charge >= 0.3 is 0 Å². The first-order valence-electron chi connectivity index (χ1n) is 4.74. The maximum atomic E-state index is 8.50. The Morgan fingerprint density at radius 2 is 1.86 bits per heavy atom. The van der Waals surface area contributed by atoms with Gasteiger partial charge in [-0.3, -0.25) is 0 Å².